The minimum atomic E-state index is -1.40. The van der Waals surface area contributed by atoms with Crippen LogP contribution in [0.15, 0.2) is 30.3 Å². The number of esters is 2. The van der Waals surface area contributed by atoms with Gasteiger partial charge < -0.3 is 14.6 Å². The van der Waals surface area contributed by atoms with Crippen LogP contribution in [0.2, 0.25) is 0 Å². The highest BCUT2D eigenvalue weighted by Crippen LogP contribution is 2.35. The first-order valence-electron chi connectivity index (χ1n) is 8.97. The van der Waals surface area contributed by atoms with Gasteiger partial charge in [0.2, 0.25) is 0 Å². The summed E-state index contributed by atoms with van der Waals surface area (Å²) in [7, 11) is 0. The lowest BCUT2D eigenvalue weighted by Crippen LogP contribution is -2.37. The molecule has 25 heavy (non-hydrogen) atoms. The summed E-state index contributed by atoms with van der Waals surface area (Å²) in [4.78, 5) is 24.0. The van der Waals surface area contributed by atoms with Gasteiger partial charge in [-0.25, -0.2) is 9.59 Å². The number of benzene rings is 1. The number of hydrogen-bond donors (Lipinski definition) is 1. The number of aliphatic hydroxyl groups is 1. The summed E-state index contributed by atoms with van der Waals surface area (Å²) in [6, 6.07) is 8.48. The number of rotatable bonds is 6. The van der Waals surface area contributed by atoms with Crippen LogP contribution in [-0.2, 0) is 19.1 Å². The maximum atomic E-state index is 12.1. The Kier molecular flexibility index (Phi) is 7.00. The van der Waals surface area contributed by atoms with Crippen LogP contribution < -0.4 is 0 Å². The van der Waals surface area contributed by atoms with Crippen LogP contribution in [0.3, 0.4) is 0 Å². The molecule has 0 saturated heterocycles. The molecular weight excluding hydrogens is 320 g/mol. The molecule has 1 saturated carbocycles. The van der Waals surface area contributed by atoms with Gasteiger partial charge in [-0.1, -0.05) is 57.5 Å². The number of aliphatic hydroxyl groups excluding tert-OH is 1. The van der Waals surface area contributed by atoms with Gasteiger partial charge in [0.05, 0.1) is 0 Å². The minimum Gasteiger partial charge on any atom is -0.460 e. The summed E-state index contributed by atoms with van der Waals surface area (Å²) >= 11 is 0. The topological polar surface area (TPSA) is 72.8 Å². The standard InChI is InChI=1S/C20H28O5/c1-13(2)16-10-9-14(3)11-17(16)25-18(21)12-24-20(23)19(22)15-7-5-4-6-8-15/h4-8,13-14,16-17,19,22H,9-12H2,1-3H3/t14-,16+,17-,19-/m1/s1. The van der Waals surface area contributed by atoms with Gasteiger partial charge in [0.25, 0.3) is 0 Å². The van der Waals surface area contributed by atoms with E-state index in [2.05, 4.69) is 20.8 Å². The lowest BCUT2D eigenvalue weighted by molar-refractivity contribution is -0.170. The first kappa shape index (κ1) is 19.4. The van der Waals surface area contributed by atoms with Crippen LogP contribution in [0.1, 0.15) is 51.7 Å². The predicted molar refractivity (Wildman–Crippen MR) is 93.6 cm³/mol. The Morgan fingerprint density at radius 3 is 2.52 bits per heavy atom. The Balaban J connectivity index is 1.84. The van der Waals surface area contributed by atoms with Gasteiger partial charge in [0.1, 0.15) is 6.10 Å². The van der Waals surface area contributed by atoms with E-state index in [1.165, 1.54) is 0 Å². The molecule has 138 valence electrons. The third kappa shape index (κ3) is 5.56. The molecule has 1 fully saturated rings. The second kappa shape index (κ2) is 8.99. The van der Waals surface area contributed by atoms with Crippen LogP contribution in [-0.4, -0.2) is 29.8 Å². The third-order valence-electron chi connectivity index (χ3n) is 4.91. The lowest BCUT2D eigenvalue weighted by Gasteiger charge is -2.36. The summed E-state index contributed by atoms with van der Waals surface area (Å²) in [5.74, 6) is -0.104. The molecule has 1 aliphatic rings. The van der Waals surface area contributed by atoms with Gasteiger partial charge in [0, 0.05) is 0 Å². The molecule has 0 aromatic heterocycles. The van der Waals surface area contributed by atoms with E-state index in [9.17, 15) is 14.7 Å². The minimum absolute atomic E-state index is 0.131. The highest BCUT2D eigenvalue weighted by molar-refractivity contribution is 5.80. The van der Waals surface area contributed by atoms with Crippen molar-refractivity contribution < 1.29 is 24.2 Å². The summed E-state index contributed by atoms with van der Waals surface area (Å²) in [5, 5.41) is 9.95. The van der Waals surface area contributed by atoms with Crippen molar-refractivity contribution >= 4 is 11.9 Å². The second-order valence-electron chi connectivity index (χ2n) is 7.28. The van der Waals surface area contributed by atoms with Crippen molar-refractivity contribution in [3.05, 3.63) is 35.9 Å². The lowest BCUT2D eigenvalue weighted by atomic mass is 9.75. The maximum Gasteiger partial charge on any atom is 0.344 e. The predicted octanol–water partition coefficient (Wildman–Crippen LogP) is 3.27. The summed E-state index contributed by atoms with van der Waals surface area (Å²) in [6.07, 6.45) is 1.51. The summed E-state index contributed by atoms with van der Waals surface area (Å²) in [5.41, 5.74) is 0.432. The first-order valence-corrected chi connectivity index (χ1v) is 8.97. The van der Waals surface area contributed by atoms with E-state index in [1.807, 2.05) is 0 Å². The average Bonchev–Trinajstić information content (AvgIpc) is 2.59. The van der Waals surface area contributed by atoms with Crippen molar-refractivity contribution in [1.29, 1.82) is 0 Å². The highest BCUT2D eigenvalue weighted by Gasteiger charge is 2.33. The van der Waals surface area contributed by atoms with E-state index in [1.54, 1.807) is 30.3 Å². The van der Waals surface area contributed by atoms with Crippen LogP contribution in [0.25, 0.3) is 0 Å². The monoisotopic (exact) mass is 348 g/mol. The fraction of sp³-hybridized carbons (Fsp3) is 0.600. The van der Waals surface area contributed by atoms with Crippen LogP contribution in [0.4, 0.5) is 0 Å². The fourth-order valence-electron chi connectivity index (χ4n) is 3.43. The van der Waals surface area contributed by atoms with Crippen molar-refractivity contribution in [1.82, 2.24) is 0 Å². The van der Waals surface area contributed by atoms with Gasteiger partial charge in [-0.3, -0.25) is 0 Å². The van der Waals surface area contributed by atoms with Crippen molar-refractivity contribution in [2.24, 2.45) is 17.8 Å². The highest BCUT2D eigenvalue weighted by atomic mass is 16.6. The summed E-state index contributed by atoms with van der Waals surface area (Å²) in [6.45, 7) is 5.96. The van der Waals surface area contributed by atoms with Crippen LogP contribution >= 0.6 is 0 Å². The Labute approximate surface area is 149 Å². The van der Waals surface area contributed by atoms with Crippen molar-refractivity contribution in [2.45, 2.75) is 52.2 Å². The number of carbonyl (C=O) groups is 2. The van der Waals surface area contributed by atoms with Gasteiger partial charge in [-0.2, -0.15) is 0 Å². The molecule has 5 heteroatoms. The molecular formula is C20H28O5. The fourth-order valence-corrected chi connectivity index (χ4v) is 3.43. The average molecular weight is 348 g/mol. The quantitative estimate of drug-likeness (QED) is 0.799. The van der Waals surface area contributed by atoms with Gasteiger partial charge in [-0.15, -0.1) is 0 Å². The van der Waals surface area contributed by atoms with E-state index in [0.29, 0.717) is 23.3 Å². The van der Waals surface area contributed by atoms with E-state index in [-0.39, 0.29) is 6.10 Å². The Bertz CT molecular complexity index is 569. The second-order valence-corrected chi connectivity index (χ2v) is 7.28. The zero-order chi connectivity index (χ0) is 18.4. The largest absolute Gasteiger partial charge is 0.460 e. The number of ether oxygens (including phenoxy) is 2. The zero-order valence-corrected chi connectivity index (χ0v) is 15.2. The van der Waals surface area contributed by atoms with Crippen LogP contribution in [0, 0.1) is 17.8 Å². The van der Waals surface area contributed by atoms with Crippen molar-refractivity contribution in [3.63, 3.8) is 0 Å². The summed E-state index contributed by atoms with van der Waals surface area (Å²) < 4.78 is 10.5. The molecule has 0 radical (unpaired) electrons. The first-order chi connectivity index (χ1) is 11.9. The van der Waals surface area contributed by atoms with E-state index >= 15 is 0 Å². The van der Waals surface area contributed by atoms with Crippen molar-refractivity contribution in [2.75, 3.05) is 6.61 Å². The molecule has 2 rings (SSSR count). The molecule has 0 heterocycles. The van der Waals surface area contributed by atoms with E-state index in [4.69, 9.17) is 9.47 Å². The van der Waals surface area contributed by atoms with E-state index < -0.39 is 24.6 Å². The van der Waals surface area contributed by atoms with Gasteiger partial charge in [0.15, 0.2) is 12.7 Å². The van der Waals surface area contributed by atoms with Crippen LogP contribution in [0.5, 0.6) is 0 Å². The molecule has 4 atom stereocenters. The Morgan fingerprint density at radius 2 is 1.88 bits per heavy atom. The zero-order valence-electron chi connectivity index (χ0n) is 15.2. The Morgan fingerprint density at radius 1 is 1.20 bits per heavy atom. The maximum absolute atomic E-state index is 12.1. The van der Waals surface area contributed by atoms with Gasteiger partial charge in [-0.05, 0) is 36.2 Å². The molecule has 1 N–H and O–H groups in total. The number of hydrogen-bond acceptors (Lipinski definition) is 5. The molecule has 0 bridgehead atoms. The molecule has 0 unspecified atom stereocenters. The molecule has 5 nitrogen and oxygen atoms in total. The number of carbonyl (C=O) groups excluding carboxylic acids is 2. The van der Waals surface area contributed by atoms with Gasteiger partial charge >= 0.3 is 11.9 Å². The smallest absolute Gasteiger partial charge is 0.344 e. The Hall–Kier alpha value is -1.88. The third-order valence-corrected chi connectivity index (χ3v) is 4.91. The molecule has 0 amide bonds. The molecule has 0 aliphatic heterocycles. The molecule has 1 aromatic rings. The molecule has 0 spiro atoms. The van der Waals surface area contributed by atoms with E-state index in [0.717, 1.165) is 19.3 Å². The SMILES string of the molecule is CC(C)[C@@H]1CC[C@@H](C)C[C@H]1OC(=O)COC(=O)[C@H](O)c1ccccc1. The normalized spacial score (nSPS) is 24.6. The molecule has 1 aromatic carbocycles. The molecule has 1 aliphatic carbocycles. The van der Waals surface area contributed by atoms with Crippen molar-refractivity contribution in [3.8, 4) is 0 Å².